The Bertz CT molecular complexity index is 758. The quantitative estimate of drug-likeness (QED) is 0.850. The van der Waals surface area contributed by atoms with E-state index in [1.54, 1.807) is 24.0 Å². The van der Waals surface area contributed by atoms with E-state index >= 15 is 0 Å². The number of aromatic nitrogens is 2. The van der Waals surface area contributed by atoms with Crippen LogP contribution in [-0.4, -0.2) is 27.6 Å². The summed E-state index contributed by atoms with van der Waals surface area (Å²) in [6, 6.07) is 3.86. The molecule has 0 radical (unpaired) electrons. The molecule has 0 fully saturated rings. The van der Waals surface area contributed by atoms with Gasteiger partial charge in [-0.1, -0.05) is 37.0 Å². The summed E-state index contributed by atoms with van der Waals surface area (Å²) < 4.78 is 1.58. The zero-order valence-electron chi connectivity index (χ0n) is 13.5. The zero-order valence-corrected chi connectivity index (χ0v) is 15.0. The molecule has 0 spiro atoms. The molecule has 24 heavy (non-hydrogen) atoms. The van der Waals surface area contributed by atoms with Crippen LogP contribution in [-0.2, 0) is 11.8 Å². The van der Waals surface area contributed by atoms with Crippen LogP contribution in [0.15, 0.2) is 30.6 Å². The minimum Gasteiger partial charge on any atom is -0.340 e. The molecule has 2 rings (SSSR count). The van der Waals surface area contributed by atoms with Crippen molar-refractivity contribution >= 4 is 40.7 Å². The minimum absolute atomic E-state index is 0.114. The van der Waals surface area contributed by atoms with E-state index in [1.807, 2.05) is 13.8 Å². The van der Waals surface area contributed by atoms with Crippen LogP contribution in [0.25, 0.3) is 0 Å². The summed E-state index contributed by atoms with van der Waals surface area (Å²) in [4.78, 5) is 24.9. The van der Waals surface area contributed by atoms with Crippen LogP contribution in [0.4, 0.5) is 5.69 Å². The van der Waals surface area contributed by atoms with Crippen molar-refractivity contribution < 1.29 is 9.59 Å². The molecule has 0 unspecified atom stereocenters. The van der Waals surface area contributed by atoms with Gasteiger partial charge in [-0.15, -0.1) is 0 Å². The molecule has 0 aliphatic rings. The van der Waals surface area contributed by atoms with Crippen molar-refractivity contribution in [2.45, 2.75) is 19.9 Å². The van der Waals surface area contributed by atoms with Gasteiger partial charge in [-0.05, 0) is 24.1 Å². The zero-order chi connectivity index (χ0) is 17.9. The van der Waals surface area contributed by atoms with Crippen LogP contribution in [0, 0.1) is 5.92 Å². The number of amides is 2. The van der Waals surface area contributed by atoms with Crippen molar-refractivity contribution in [1.29, 1.82) is 0 Å². The Morgan fingerprint density at radius 3 is 2.50 bits per heavy atom. The van der Waals surface area contributed by atoms with Crippen molar-refractivity contribution in [2.24, 2.45) is 13.0 Å². The number of halogens is 2. The number of nitrogens with zero attached hydrogens (tertiary/aromatic N) is 2. The van der Waals surface area contributed by atoms with Gasteiger partial charge in [-0.2, -0.15) is 5.10 Å². The summed E-state index contributed by atoms with van der Waals surface area (Å²) in [6.07, 6.45) is 3.21. The highest BCUT2D eigenvalue weighted by molar-refractivity contribution is 6.36. The Morgan fingerprint density at radius 2 is 1.96 bits per heavy atom. The van der Waals surface area contributed by atoms with Crippen LogP contribution in [0.1, 0.15) is 24.2 Å². The fourth-order valence-corrected chi connectivity index (χ4v) is 2.63. The molecule has 0 saturated heterocycles. The van der Waals surface area contributed by atoms with Crippen LogP contribution >= 0.6 is 23.2 Å². The first-order valence-electron chi connectivity index (χ1n) is 7.33. The maximum Gasteiger partial charge on any atom is 0.253 e. The molecule has 0 aliphatic carbocycles. The molecule has 1 aromatic carbocycles. The van der Waals surface area contributed by atoms with E-state index in [-0.39, 0.29) is 22.4 Å². The topological polar surface area (TPSA) is 76.0 Å². The van der Waals surface area contributed by atoms with Gasteiger partial charge in [0.25, 0.3) is 5.91 Å². The first-order valence-corrected chi connectivity index (χ1v) is 8.09. The van der Waals surface area contributed by atoms with Gasteiger partial charge < -0.3 is 10.6 Å². The fourth-order valence-electron chi connectivity index (χ4n) is 2.13. The van der Waals surface area contributed by atoms with E-state index in [0.717, 1.165) is 0 Å². The van der Waals surface area contributed by atoms with E-state index < -0.39 is 11.9 Å². The van der Waals surface area contributed by atoms with Gasteiger partial charge in [-0.3, -0.25) is 14.3 Å². The number of benzene rings is 1. The van der Waals surface area contributed by atoms with Gasteiger partial charge in [-0.25, -0.2) is 0 Å². The molecule has 0 aliphatic heterocycles. The summed E-state index contributed by atoms with van der Waals surface area (Å²) in [6.45, 7) is 3.69. The number of carbonyl (C=O) groups is 2. The van der Waals surface area contributed by atoms with Crippen molar-refractivity contribution in [3.8, 4) is 0 Å². The molecular weight excluding hydrogens is 351 g/mol. The molecular formula is C16H18Cl2N4O2. The molecule has 0 saturated carbocycles. The third-order valence-electron chi connectivity index (χ3n) is 3.38. The lowest BCUT2D eigenvalue weighted by molar-refractivity contribution is -0.118. The second-order valence-electron chi connectivity index (χ2n) is 5.71. The van der Waals surface area contributed by atoms with Crippen molar-refractivity contribution in [3.05, 3.63) is 46.2 Å². The lowest BCUT2D eigenvalue weighted by Gasteiger charge is -2.21. The van der Waals surface area contributed by atoms with Crippen LogP contribution in [0.3, 0.4) is 0 Å². The Morgan fingerprint density at radius 1 is 1.25 bits per heavy atom. The molecule has 2 amide bonds. The van der Waals surface area contributed by atoms with Gasteiger partial charge in [0.1, 0.15) is 6.04 Å². The van der Waals surface area contributed by atoms with Gasteiger partial charge in [0.2, 0.25) is 5.91 Å². The number of rotatable bonds is 5. The summed E-state index contributed by atoms with van der Waals surface area (Å²) >= 11 is 11.9. The van der Waals surface area contributed by atoms with E-state index in [9.17, 15) is 9.59 Å². The fraction of sp³-hybridized carbons (Fsp3) is 0.312. The molecule has 1 aromatic heterocycles. The molecule has 1 atom stereocenters. The second kappa shape index (κ2) is 7.68. The third-order valence-corrected chi connectivity index (χ3v) is 3.93. The first kappa shape index (κ1) is 18.3. The molecule has 8 heteroatoms. The number of nitrogens with one attached hydrogen (secondary N) is 2. The Kier molecular flexibility index (Phi) is 5.85. The molecule has 2 aromatic rings. The number of aryl methyl sites for hydroxylation is 1. The van der Waals surface area contributed by atoms with Crippen LogP contribution < -0.4 is 10.6 Å². The van der Waals surface area contributed by atoms with E-state index in [4.69, 9.17) is 23.2 Å². The van der Waals surface area contributed by atoms with Crippen molar-refractivity contribution in [3.63, 3.8) is 0 Å². The normalized spacial score (nSPS) is 12.1. The molecule has 2 N–H and O–H groups in total. The molecule has 128 valence electrons. The summed E-state index contributed by atoms with van der Waals surface area (Å²) in [5, 5.41) is 10.1. The largest absolute Gasteiger partial charge is 0.340 e. The standard InChI is InChI=1S/C16H18Cl2N4O2/c1-9(2)14(16(24)20-11-7-19-22(3)8-11)21-15(23)12-5-4-10(17)6-13(12)18/h4-9,14H,1-3H3,(H,20,24)(H,21,23)/t14-/m0/s1. The maximum atomic E-state index is 12.5. The van der Waals surface area contributed by atoms with Gasteiger partial charge in [0, 0.05) is 18.3 Å². The number of hydrogen-bond acceptors (Lipinski definition) is 3. The summed E-state index contributed by atoms with van der Waals surface area (Å²) in [5.74, 6) is -0.871. The lowest BCUT2D eigenvalue weighted by atomic mass is 10.0. The number of hydrogen-bond donors (Lipinski definition) is 2. The lowest BCUT2D eigenvalue weighted by Crippen LogP contribution is -2.47. The SMILES string of the molecule is CC(C)[C@H](NC(=O)c1ccc(Cl)cc1Cl)C(=O)Nc1cnn(C)c1. The second-order valence-corrected chi connectivity index (χ2v) is 6.55. The molecule has 1 heterocycles. The number of carbonyl (C=O) groups excluding carboxylic acids is 2. The van der Waals surface area contributed by atoms with Crippen LogP contribution in [0.5, 0.6) is 0 Å². The Labute approximate surface area is 150 Å². The summed E-state index contributed by atoms with van der Waals surface area (Å²) in [5.41, 5.74) is 0.827. The predicted molar refractivity (Wildman–Crippen MR) is 94.4 cm³/mol. The molecule has 0 bridgehead atoms. The highest BCUT2D eigenvalue weighted by atomic mass is 35.5. The number of anilines is 1. The van der Waals surface area contributed by atoms with Crippen molar-refractivity contribution in [1.82, 2.24) is 15.1 Å². The Balaban J connectivity index is 2.12. The van der Waals surface area contributed by atoms with Crippen molar-refractivity contribution in [2.75, 3.05) is 5.32 Å². The van der Waals surface area contributed by atoms with Gasteiger partial charge >= 0.3 is 0 Å². The minimum atomic E-state index is -0.718. The molecule has 6 nitrogen and oxygen atoms in total. The monoisotopic (exact) mass is 368 g/mol. The van der Waals surface area contributed by atoms with Gasteiger partial charge in [0.15, 0.2) is 0 Å². The van der Waals surface area contributed by atoms with E-state index in [0.29, 0.717) is 10.7 Å². The highest BCUT2D eigenvalue weighted by Crippen LogP contribution is 2.21. The average molecular weight is 369 g/mol. The predicted octanol–water partition coefficient (Wildman–Crippen LogP) is 3.12. The third kappa shape index (κ3) is 4.49. The van der Waals surface area contributed by atoms with E-state index in [2.05, 4.69) is 15.7 Å². The highest BCUT2D eigenvalue weighted by Gasteiger charge is 2.25. The maximum absolute atomic E-state index is 12.5. The van der Waals surface area contributed by atoms with E-state index in [1.165, 1.54) is 18.3 Å². The Hall–Kier alpha value is -2.05. The first-order chi connectivity index (χ1) is 11.3. The smallest absolute Gasteiger partial charge is 0.253 e. The average Bonchev–Trinajstić information content (AvgIpc) is 2.89. The van der Waals surface area contributed by atoms with Gasteiger partial charge in [0.05, 0.1) is 22.5 Å². The van der Waals surface area contributed by atoms with Crippen LogP contribution in [0.2, 0.25) is 10.0 Å². The summed E-state index contributed by atoms with van der Waals surface area (Å²) in [7, 11) is 1.75.